The predicted molar refractivity (Wildman–Crippen MR) is 125 cm³/mol. The molecular formula is C27H40N2. The van der Waals surface area contributed by atoms with Gasteiger partial charge in [-0.15, -0.1) is 0 Å². The monoisotopic (exact) mass is 392 g/mol. The molecule has 0 radical (unpaired) electrons. The van der Waals surface area contributed by atoms with Crippen LogP contribution in [0.4, 0.5) is 0 Å². The zero-order chi connectivity index (χ0) is 20.3. The van der Waals surface area contributed by atoms with E-state index in [1.165, 1.54) is 82.4 Å². The highest BCUT2D eigenvalue weighted by Gasteiger charge is 2.26. The van der Waals surface area contributed by atoms with Crippen molar-refractivity contribution in [2.75, 3.05) is 32.7 Å². The third kappa shape index (κ3) is 7.95. The largest absolute Gasteiger partial charge is 0.301 e. The maximum atomic E-state index is 2.78. The fourth-order valence-electron chi connectivity index (χ4n) is 4.65. The van der Waals surface area contributed by atoms with Crippen molar-refractivity contribution < 1.29 is 0 Å². The summed E-state index contributed by atoms with van der Waals surface area (Å²) in [5.74, 6) is 0.968. The lowest BCUT2D eigenvalue weighted by Gasteiger charge is -2.41. The lowest BCUT2D eigenvalue weighted by molar-refractivity contribution is 0.0717. The van der Waals surface area contributed by atoms with Crippen molar-refractivity contribution in [3.05, 3.63) is 71.8 Å². The minimum Gasteiger partial charge on any atom is -0.301 e. The van der Waals surface area contributed by atoms with Crippen LogP contribution in [0.1, 0.15) is 50.2 Å². The van der Waals surface area contributed by atoms with E-state index in [-0.39, 0.29) is 0 Å². The molecule has 2 fully saturated rings. The Morgan fingerprint density at radius 3 is 1.90 bits per heavy atom. The Kier molecular flexibility index (Phi) is 9.24. The van der Waals surface area contributed by atoms with Crippen LogP contribution in [0.2, 0.25) is 0 Å². The summed E-state index contributed by atoms with van der Waals surface area (Å²) < 4.78 is 0. The van der Waals surface area contributed by atoms with E-state index < -0.39 is 0 Å². The lowest BCUT2D eigenvalue weighted by Crippen LogP contribution is -2.51. The van der Waals surface area contributed by atoms with Crippen molar-refractivity contribution in [1.82, 2.24) is 9.80 Å². The minimum atomic E-state index is 0.891. The van der Waals surface area contributed by atoms with Gasteiger partial charge >= 0.3 is 0 Å². The molecule has 2 nitrogen and oxygen atoms in total. The van der Waals surface area contributed by atoms with Gasteiger partial charge in [0.25, 0.3) is 0 Å². The van der Waals surface area contributed by atoms with Crippen LogP contribution in [-0.4, -0.2) is 48.6 Å². The van der Waals surface area contributed by atoms with Crippen LogP contribution in [0.5, 0.6) is 0 Å². The van der Waals surface area contributed by atoms with Gasteiger partial charge in [-0.25, -0.2) is 0 Å². The van der Waals surface area contributed by atoms with Gasteiger partial charge < -0.3 is 4.90 Å². The van der Waals surface area contributed by atoms with Crippen molar-refractivity contribution in [2.24, 2.45) is 5.92 Å². The molecule has 1 aliphatic heterocycles. The first-order valence-corrected chi connectivity index (χ1v) is 11.7. The normalized spacial score (nSPS) is 23.2. The Labute approximate surface area is 178 Å². The molecule has 0 atom stereocenters. The summed E-state index contributed by atoms with van der Waals surface area (Å²) in [6.07, 6.45) is 8.29. The summed E-state index contributed by atoms with van der Waals surface area (Å²) in [5.41, 5.74) is 2.81. The van der Waals surface area contributed by atoms with E-state index in [2.05, 4.69) is 66.1 Å². The molecule has 1 aliphatic carbocycles. The van der Waals surface area contributed by atoms with Gasteiger partial charge in [-0.2, -0.15) is 0 Å². The Balaban J connectivity index is 0.000000290. The maximum absolute atomic E-state index is 2.78. The summed E-state index contributed by atoms with van der Waals surface area (Å²) in [7, 11) is 0. The van der Waals surface area contributed by atoms with Gasteiger partial charge in [0.1, 0.15) is 0 Å². The molecule has 0 N–H and O–H groups in total. The molecule has 2 heteroatoms. The molecule has 29 heavy (non-hydrogen) atoms. The average Bonchev–Trinajstić information content (AvgIpc) is 2.77. The second-order valence-corrected chi connectivity index (χ2v) is 9.04. The first-order valence-electron chi connectivity index (χ1n) is 11.7. The highest BCUT2D eigenvalue weighted by Crippen LogP contribution is 2.27. The van der Waals surface area contributed by atoms with Crippen molar-refractivity contribution in [3.63, 3.8) is 0 Å². The molecule has 2 aromatic rings. The summed E-state index contributed by atoms with van der Waals surface area (Å²) in [5, 5.41) is 0. The molecule has 1 saturated carbocycles. The van der Waals surface area contributed by atoms with E-state index in [1.807, 2.05) is 18.2 Å². The van der Waals surface area contributed by atoms with Crippen molar-refractivity contribution in [2.45, 2.75) is 58.4 Å². The van der Waals surface area contributed by atoms with E-state index >= 15 is 0 Å². The molecule has 158 valence electrons. The quantitative estimate of drug-likeness (QED) is 0.633. The lowest BCUT2D eigenvalue weighted by atomic mass is 9.86. The van der Waals surface area contributed by atoms with E-state index in [1.54, 1.807) is 0 Å². The molecule has 1 heterocycles. The highest BCUT2D eigenvalue weighted by molar-refractivity contribution is 5.14. The van der Waals surface area contributed by atoms with Crippen molar-refractivity contribution >= 4 is 0 Å². The second kappa shape index (κ2) is 12.1. The Bertz CT molecular complexity index is 653. The van der Waals surface area contributed by atoms with Crippen LogP contribution in [0, 0.1) is 12.8 Å². The molecular weight excluding hydrogens is 352 g/mol. The predicted octanol–water partition coefficient (Wildman–Crippen LogP) is 5.81. The van der Waals surface area contributed by atoms with Crippen LogP contribution in [0.25, 0.3) is 0 Å². The molecule has 4 rings (SSSR count). The summed E-state index contributed by atoms with van der Waals surface area (Å²) in [6.45, 7) is 10.9. The molecule has 0 unspecified atom stereocenters. The first-order chi connectivity index (χ1) is 14.2. The van der Waals surface area contributed by atoms with Crippen LogP contribution in [0.15, 0.2) is 60.7 Å². The first kappa shape index (κ1) is 22.1. The summed E-state index contributed by atoms with van der Waals surface area (Å²) >= 11 is 0. The van der Waals surface area contributed by atoms with Gasteiger partial charge in [0, 0.05) is 32.2 Å². The zero-order valence-corrected chi connectivity index (χ0v) is 18.6. The van der Waals surface area contributed by atoms with Gasteiger partial charge in [0.15, 0.2) is 0 Å². The average molecular weight is 393 g/mol. The summed E-state index contributed by atoms with van der Waals surface area (Å²) in [4.78, 5) is 5.45. The number of aryl methyl sites for hydroxylation is 2. The van der Waals surface area contributed by atoms with Gasteiger partial charge in [0.2, 0.25) is 0 Å². The molecule has 1 saturated heterocycles. The Morgan fingerprint density at radius 2 is 1.34 bits per heavy atom. The smallest absolute Gasteiger partial charge is 0.0113 e. The van der Waals surface area contributed by atoms with E-state index in [0.29, 0.717) is 0 Å². The van der Waals surface area contributed by atoms with Gasteiger partial charge in [0.05, 0.1) is 0 Å². The number of hydrogen-bond acceptors (Lipinski definition) is 2. The van der Waals surface area contributed by atoms with Crippen LogP contribution >= 0.6 is 0 Å². The standard InChI is InChI=1S/C20H32N2.C7H8/c1-18-9-11-20(12-10-18)22-16-14-21(15-17-22)13-5-8-19-6-3-2-4-7-19;1-7-5-3-2-4-6-7/h2-4,6-7,18,20H,5,8-17H2,1H3;2-6H,1H3. The van der Waals surface area contributed by atoms with Crippen molar-refractivity contribution in [3.8, 4) is 0 Å². The van der Waals surface area contributed by atoms with E-state index in [9.17, 15) is 0 Å². The van der Waals surface area contributed by atoms with Gasteiger partial charge in [-0.05, 0) is 63.5 Å². The van der Waals surface area contributed by atoms with Gasteiger partial charge in [-0.1, -0.05) is 73.2 Å². The van der Waals surface area contributed by atoms with Crippen LogP contribution in [-0.2, 0) is 6.42 Å². The van der Waals surface area contributed by atoms with E-state index in [0.717, 1.165) is 12.0 Å². The molecule has 0 amide bonds. The molecule has 0 aromatic heterocycles. The number of benzene rings is 2. The molecule has 0 bridgehead atoms. The van der Waals surface area contributed by atoms with Crippen LogP contribution < -0.4 is 0 Å². The fraction of sp³-hybridized carbons (Fsp3) is 0.556. The highest BCUT2D eigenvalue weighted by atomic mass is 15.3. The van der Waals surface area contributed by atoms with E-state index in [4.69, 9.17) is 0 Å². The molecule has 2 aromatic carbocycles. The second-order valence-electron chi connectivity index (χ2n) is 9.04. The van der Waals surface area contributed by atoms with Gasteiger partial charge in [-0.3, -0.25) is 4.90 Å². The number of nitrogens with zero attached hydrogens (tertiary/aromatic N) is 2. The molecule has 2 aliphatic rings. The minimum absolute atomic E-state index is 0.891. The number of hydrogen-bond donors (Lipinski definition) is 0. The maximum Gasteiger partial charge on any atom is 0.0113 e. The SMILES string of the molecule is CC1CCC(N2CCN(CCCc3ccccc3)CC2)CC1.Cc1ccccc1. The topological polar surface area (TPSA) is 6.48 Å². The zero-order valence-electron chi connectivity index (χ0n) is 18.6. The number of piperazine rings is 1. The number of rotatable bonds is 5. The molecule has 0 spiro atoms. The summed E-state index contributed by atoms with van der Waals surface area (Å²) in [6, 6.07) is 22.1. The Morgan fingerprint density at radius 1 is 0.759 bits per heavy atom. The van der Waals surface area contributed by atoms with Crippen molar-refractivity contribution in [1.29, 1.82) is 0 Å². The Hall–Kier alpha value is -1.64. The third-order valence-corrected chi connectivity index (χ3v) is 6.63. The third-order valence-electron chi connectivity index (χ3n) is 6.63. The fourth-order valence-corrected chi connectivity index (χ4v) is 4.65. The van der Waals surface area contributed by atoms with Crippen LogP contribution in [0.3, 0.4) is 0 Å².